The summed E-state index contributed by atoms with van der Waals surface area (Å²) in [6.45, 7) is 5.32. The number of ether oxygens (including phenoxy) is 2. The molecule has 4 N–H and O–H groups in total. The topological polar surface area (TPSA) is 134 Å². The van der Waals surface area contributed by atoms with Gasteiger partial charge in [0.1, 0.15) is 29.0 Å². The molecule has 6 rings (SSSR count). The Bertz CT molecular complexity index is 1430. The summed E-state index contributed by atoms with van der Waals surface area (Å²) in [6, 6.07) is 17.0. The minimum absolute atomic E-state index is 0.0154. The van der Waals surface area contributed by atoms with Crippen molar-refractivity contribution in [3.63, 3.8) is 0 Å². The molecule has 8 nitrogen and oxygen atoms in total. The molecule has 9 atom stereocenters. The smallest absolute Gasteiger partial charge is 0.338 e. The van der Waals surface area contributed by atoms with Gasteiger partial charge in [-0.25, -0.2) is 9.59 Å². The van der Waals surface area contributed by atoms with E-state index in [2.05, 4.69) is 6.92 Å². The molecule has 0 spiro atoms. The molecule has 0 aromatic heterocycles. The first-order chi connectivity index (χ1) is 20.3. The summed E-state index contributed by atoms with van der Waals surface area (Å²) < 4.78 is 12.1. The Labute approximate surface area is 252 Å². The van der Waals surface area contributed by atoms with Crippen molar-refractivity contribution in [2.45, 2.75) is 101 Å². The van der Waals surface area contributed by atoms with Crippen LogP contribution < -0.4 is 0 Å². The zero-order valence-electron chi connectivity index (χ0n) is 25.0. The molecular formula is C35H42O8. The van der Waals surface area contributed by atoms with Gasteiger partial charge in [0.2, 0.25) is 0 Å². The third-order valence-corrected chi connectivity index (χ3v) is 11.9. The number of hydrogen-bond acceptors (Lipinski definition) is 8. The lowest BCUT2D eigenvalue weighted by molar-refractivity contribution is -0.324. The fourth-order valence-corrected chi connectivity index (χ4v) is 9.16. The Kier molecular flexibility index (Phi) is 7.16. The Morgan fingerprint density at radius 2 is 1.49 bits per heavy atom. The van der Waals surface area contributed by atoms with Gasteiger partial charge in [-0.1, -0.05) is 61.9 Å². The highest BCUT2D eigenvalue weighted by atomic mass is 16.6. The first kappa shape index (κ1) is 30.0. The summed E-state index contributed by atoms with van der Waals surface area (Å²) in [6.07, 6.45) is 1.35. The number of rotatable bonds is 5. The molecule has 0 amide bonds. The van der Waals surface area contributed by atoms with E-state index < -0.39 is 63.8 Å². The SMILES string of the molecule is CC(OC(=O)c1ccccc1)[C@@]1(O)CC[C@]2(O)[C@]1(C)C(OC(=O)c1ccccc1)C[C@@H]1[C@@]3(C)CCC(O)CC3=CC[C@]12O. The summed E-state index contributed by atoms with van der Waals surface area (Å²) in [5.41, 5.74) is -5.87. The van der Waals surface area contributed by atoms with Crippen LogP contribution in [0.4, 0.5) is 0 Å². The summed E-state index contributed by atoms with van der Waals surface area (Å²) in [5, 5.41) is 48.6. The number of carbonyl (C=O) groups is 2. The average molecular weight is 591 g/mol. The number of esters is 2. The molecular weight excluding hydrogens is 548 g/mol. The van der Waals surface area contributed by atoms with E-state index >= 15 is 0 Å². The van der Waals surface area contributed by atoms with Crippen LogP contribution >= 0.6 is 0 Å². The second kappa shape index (κ2) is 10.3. The Morgan fingerprint density at radius 1 is 0.884 bits per heavy atom. The third-order valence-electron chi connectivity index (χ3n) is 11.9. The van der Waals surface area contributed by atoms with Crippen molar-refractivity contribution in [2.75, 3.05) is 0 Å². The van der Waals surface area contributed by atoms with E-state index in [0.717, 1.165) is 5.57 Å². The normalized spacial score (nSPS) is 40.7. The minimum atomic E-state index is -1.90. The Balaban J connectivity index is 1.44. The summed E-state index contributed by atoms with van der Waals surface area (Å²) in [5.74, 6) is -1.73. The monoisotopic (exact) mass is 590 g/mol. The van der Waals surface area contributed by atoms with Gasteiger partial charge < -0.3 is 29.9 Å². The van der Waals surface area contributed by atoms with Crippen LogP contribution in [0, 0.1) is 16.7 Å². The van der Waals surface area contributed by atoms with Gasteiger partial charge in [0.15, 0.2) is 0 Å². The van der Waals surface area contributed by atoms with Crippen LogP contribution in [0.5, 0.6) is 0 Å². The highest BCUT2D eigenvalue weighted by molar-refractivity contribution is 5.90. The van der Waals surface area contributed by atoms with Crippen molar-refractivity contribution < 1.29 is 39.5 Å². The number of benzene rings is 2. The van der Waals surface area contributed by atoms with E-state index in [0.29, 0.717) is 30.4 Å². The first-order valence-electron chi connectivity index (χ1n) is 15.4. The predicted octanol–water partition coefficient (Wildman–Crippen LogP) is 4.35. The van der Waals surface area contributed by atoms with Crippen LogP contribution in [0.3, 0.4) is 0 Å². The van der Waals surface area contributed by atoms with Gasteiger partial charge in [-0.2, -0.15) is 0 Å². The molecule has 4 aliphatic rings. The van der Waals surface area contributed by atoms with Gasteiger partial charge in [0.05, 0.1) is 22.6 Å². The van der Waals surface area contributed by atoms with Crippen molar-refractivity contribution in [3.8, 4) is 0 Å². The number of fused-ring (bicyclic) bond motifs is 5. The van der Waals surface area contributed by atoms with Crippen molar-refractivity contribution in [1.29, 1.82) is 0 Å². The van der Waals surface area contributed by atoms with Gasteiger partial charge in [-0.15, -0.1) is 0 Å². The number of aliphatic hydroxyl groups is 4. The molecule has 4 aliphatic carbocycles. The van der Waals surface area contributed by atoms with Crippen LogP contribution in [-0.2, 0) is 9.47 Å². The average Bonchev–Trinajstić information content (AvgIpc) is 3.23. The lowest BCUT2D eigenvalue weighted by Crippen LogP contribution is -2.78. The quantitative estimate of drug-likeness (QED) is 0.298. The first-order valence-corrected chi connectivity index (χ1v) is 15.4. The fraction of sp³-hybridized carbons (Fsp3) is 0.543. The van der Waals surface area contributed by atoms with E-state index in [-0.39, 0.29) is 25.7 Å². The second-order valence-electron chi connectivity index (χ2n) is 13.6. The van der Waals surface area contributed by atoms with Gasteiger partial charge in [0, 0.05) is 5.92 Å². The van der Waals surface area contributed by atoms with Crippen molar-refractivity contribution in [2.24, 2.45) is 16.7 Å². The molecule has 230 valence electrons. The van der Waals surface area contributed by atoms with Crippen molar-refractivity contribution in [3.05, 3.63) is 83.4 Å². The maximum absolute atomic E-state index is 13.6. The predicted molar refractivity (Wildman–Crippen MR) is 158 cm³/mol. The highest BCUT2D eigenvalue weighted by Gasteiger charge is 2.81. The zero-order chi connectivity index (χ0) is 30.8. The Morgan fingerprint density at radius 3 is 2.12 bits per heavy atom. The molecule has 0 bridgehead atoms. The molecule has 3 fully saturated rings. The molecule has 0 heterocycles. The van der Waals surface area contributed by atoms with Gasteiger partial charge in [0.25, 0.3) is 0 Å². The van der Waals surface area contributed by atoms with E-state index in [1.807, 2.05) is 6.08 Å². The number of aliphatic hydroxyl groups excluding tert-OH is 1. The van der Waals surface area contributed by atoms with Gasteiger partial charge in [-0.3, -0.25) is 0 Å². The standard InChI is InChI=1S/C35H42O8/c1-22(42-29(37)23-10-6-4-7-11-23)33(39)18-19-35(41)32(33,3)28(43-30(38)24-12-8-5-9-13-24)21-27-31(2)16-15-26(36)20-25(31)14-17-34(27,35)40/h4-14,22,26-28,36,39-41H,15-21H2,1-3H3/t22?,26?,27-,28?,31+,32-,33+,34+,35+/m1/s1. The second-order valence-corrected chi connectivity index (χ2v) is 13.6. The molecule has 2 aromatic rings. The molecule has 0 radical (unpaired) electrons. The van der Waals surface area contributed by atoms with Gasteiger partial charge >= 0.3 is 11.9 Å². The minimum Gasteiger partial charge on any atom is -0.458 e. The van der Waals surface area contributed by atoms with Crippen LogP contribution in [0.2, 0.25) is 0 Å². The molecule has 0 saturated heterocycles. The zero-order valence-corrected chi connectivity index (χ0v) is 25.0. The molecule has 2 aromatic carbocycles. The maximum Gasteiger partial charge on any atom is 0.338 e. The maximum atomic E-state index is 13.6. The molecule has 3 unspecified atom stereocenters. The summed E-state index contributed by atoms with van der Waals surface area (Å²) in [4.78, 5) is 26.7. The van der Waals surface area contributed by atoms with Gasteiger partial charge in [-0.05, 0) is 81.5 Å². The van der Waals surface area contributed by atoms with E-state index in [9.17, 15) is 30.0 Å². The van der Waals surface area contributed by atoms with Crippen LogP contribution in [0.25, 0.3) is 0 Å². The molecule has 8 heteroatoms. The molecule has 43 heavy (non-hydrogen) atoms. The summed E-state index contributed by atoms with van der Waals surface area (Å²) in [7, 11) is 0. The summed E-state index contributed by atoms with van der Waals surface area (Å²) >= 11 is 0. The number of carbonyl (C=O) groups excluding carboxylic acids is 2. The molecule has 0 aliphatic heterocycles. The van der Waals surface area contributed by atoms with Crippen molar-refractivity contribution in [1.82, 2.24) is 0 Å². The van der Waals surface area contributed by atoms with E-state index in [1.165, 1.54) is 0 Å². The van der Waals surface area contributed by atoms with E-state index in [1.54, 1.807) is 74.5 Å². The van der Waals surface area contributed by atoms with E-state index in [4.69, 9.17) is 9.47 Å². The largest absolute Gasteiger partial charge is 0.458 e. The lowest BCUT2D eigenvalue weighted by atomic mass is 9.42. The molecule has 3 saturated carbocycles. The van der Waals surface area contributed by atoms with Crippen molar-refractivity contribution >= 4 is 11.9 Å². The van der Waals surface area contributed by atoms with Crippen LogP contribution in [-0.4, -0.2) is 67.5 Å². The third kappa shape index (κ3) is 4.17. The van der Waals surface area contributed by atoms with Crippen LogP contribution in [0.1, 0.15) is 86.4 Å². The fourth-order valence-electron chi connectivity index (χ4n) is 9.16. The Hall–Kier alpha value is -3.04. The lowest BCUT2D eigenvalue weighted by Gasteiger charge is -2.67. The van der Waals surface area contributed by atoms with Crippen LogP contribution in [0.15, 0.2) is 72.3 Å². The number of hydrogen-bond donors (Lipinski definition) is 4. The highest BCUT2D eigenvalue weighted by Crippen LogP contribution is 2.71.